The van der Waals surface area contributed by atoms with Gasteiger partial charge in [-0.15, -0.1) is 0 Å². The van der Waals surface area contributed by atoms with Crippen LogP contribution in [0.2, 0.25) is 0 Å². The molecule has 5 rings (SSSR count). The molecule has 1 N–H and O–H groups in total. The summed E-state index contributed by atoms with van der Waals surface area (Å²) in [4.78, 5) is 30.5. The summed E-state index contributed by atoms with van der Waals surface area (Å²) in [5.74, 6) is 0.272. The second-order valence-corrected chi connectivity index (χ2v) is 6.53. The Bertz CT molecular complexity index is 1030. The molecule has 0 spiro atoms. The Balaban J connectivity index is 1.48. The molecule has 7 nitrogen and oxygen atoms in total. The summed E-state index contributed by atoms with van der Waals surface area (Å²) in [7, 11) is 0. The summed E-state index contributed by atoms with van der Waals surface area (Å²) in [5, 5.41) is 6.52. The van der Waals surface area contributed by atoms with E-state index in [1.807, 2.05) is 24.3 Å². The van der Waals surface area contributed by atoms with Gasteiger partial charge in [0.25, 0.3) is 5.91 Å². The Morgan fingerprint density at radius 1 is 1.15 bits per heavy atom. The summed E-state index contributed by atoms with van der Waals surface area (Å²) in [6.07, 6.45) is 3.49. The van der Waals surface area contributed by atoms with Crippen molar-refractivity contribution in [1.82, 2.24) is 14.9 Å². The molecule has 4 heterocycles. The zero-order valence-corrected chi connectivity index (χ0v) is 13.9. The Morgan fingerprint density at radius 3 is 2.88 bits per heavy atom. The number of carbonyl (C=O) groups excluding carboxylic acids is 2. The van der Waals surface area contributed by atoms with Crippen molar-refractivity contribution in [2.24, 2.45) is 5.10 Å². The molecule has 2 aromatic heterocycles. The molecule has 1 fully saturated rings. The van der Waals surface area contributed by atoms with Crippen LogP contribution in [0.4, 0.5) is 0 Å². The van der Waals surface area contributed by atoms with E-state index in [1.165, 1.54) is 17.5 Å². The Morgan fingerprint density at radius 2 is 2.04 bits per heavy atom. The number of aromatic amines is 1. The van der Waals surface area contributed by atoms with Crippen molar-refractivity contribution >= 4 is 28.9 Å². The molecule has 1 aromatic carbocycles. The summed E-state index contributed by atoms with van der Waals surface area (Å²) in [6.45, 7) is 0.372. The molecule has 2 aliphatic heterocycles. The minimum atomic E-state index is -0.517. The number of para-hydroxylation sites is 1. The lowest BCUT2D eigenvalue weighted by Gasteiger charge is -2.40. The van der Waals surface area contributed by atoms with Gasteiger partial charge < -0.3 is 14.3 Å². The van der Waals surface area contributed by atoms with E-state index in [1.54, 1.807) is 17.0 Å². The summed E-state index contributed by atoms with van der Waals surface area (Å²) in [5.41, 5.74) is 3.15. The Labute approximate surface area is 148 Å². The van der Waals surface area contributed by atoms with Gasteiger partial charge in [-0.1, -0.05) is 18.2 Å². The molecule has 0 unspecified atom stereocenters. The van der Waals surface area contributed by atoms with Crippen LogP contribution in [0.5, 0.6) is 0 Å². The summed E-state index contributed by atoms with van der Waals surface area (Å²) >= 11 is 0. The van der Waals surface area contributed by atoms with Crippen molar-refractivity contribution in [2.75, 3.05) is 6.54 Å². The van der Waals surface area contributed by atoms with Crippen molar-refractivity contribution < 1.29 is 14.0 Å². The molecular formula is C19H16N4O3. The number of nitrogens with zero attached hydrogens (tertiary/aromatic N) is 3. The average molecular weight is 348 g/mol. The van der Waals surface area contributed by atoms with E-state index < -0.39 is 6.04 Å². The number of hydrogen-bond acceptors (Lipinski definition) is 4. The van der Waals surface area contributed by atoms with E-state index in [2.05, 4.69) is 10.1 Å². The van der Waals surface area contributed by atoms with E-state index in [0.29, 0.717) is 18.7 Å². The van der Waals surface area contributed by atoms with Gasteiger partial charge in [-0.2, -0.15) is 5.10 Å². The highest BCUT2D eigenvalue weighted by molar-refractivity contribution is 5.97. The predicted octanol–water partition coefficient (Wildman–Crippen LogP) is 1.89. The van der Waals surface area contributed by atoms with Gasteiger partial charge in [0.15, 0.2) is 0 Å². The van der Waals surface area contributed by atoms with Gasteiger partial charge in [0.05, 0.1) is 19.0 Å². The number of hydrogen-bond donors (Lipinski definition) is 1. The van der Waals surface area contributed by atoms with Gasteiger partial charge >= 0.3 is 0 Å². The van der Waals surface area contributed by atoms with Crippen LogP contribution in [0.3, 0.4) is 0 Å². The van der Waals surface area contributed by atoms with Crippen LogP contribution in [-0.2, 0) is 22.6 Å². The van der Waals surface area contributed by atoms with Gasteiger partial charge in [0, 0.05) is 23.0 Å². The smallest absolute Gasteiger partial charge is 0.266 e. The molecule has 3 aromatic rings. The monoisotopic (exact) mass is 348 g/mol. The highest BCUT2D eigenvalue weighted by Gasteiger charge is 2.43. The fourth-order valence-corrected chi connectivity index (χ4v) is 3.75. The standard InChI is InChI=1S/C19H16N4O3/c24-18-11-23(20-9-12-4-3-7-26-12)19(25)17-8-14-13-5-1-2-6-15(13)21-16(14)10-22(17)18/h1-7,9,17,21H,8,10-11H2/b20-9-/t17-/m0/s1. The minimum Gasteiger partial charge on any atom is -0.463 e. The Kier molecular flexibility index (Phi) is 3.21. The van der Waals surface area contributed by atoms with Crippen LogP contribution in [-0.4, -0.2) is 45.5 Å². The maximum absolute atomic E-state index is 12.9. The number of carbonyl (C=O) groups is 2. The third kappa shape index (κ3) is 2.24. The molecule has 0 saturated carbocycles. The second-order valence-electron chi connectivity index (χ2n) is 6.53. The zero-order chi connectivity index (χ0) is 17.7. The molecule has 7 heteroatoms. The van der Waals surface area contributed by atoms with Crippen molar-refractivity contribution in [3.8, 4) is 0 Å². The Hall–Kier alpha value is -3.35. The van der Waals surface area contributed by atoms with E-state index in [4.69, 9.17) is 4.42 Å². The molecule has 130 valence electrons. The third-order valence-corrected chi connectivity index (χ3v) is 5.02. The number of fused-ring (bicyclic) bond motifs is 4. The van der Waals surface area contributed by atoms with Crippen molar-refractivity contribution in [2.45, 2.75) is 19.0 Å². The number of piperazine rings is 1. The predicted molar refractivity (Wildman–Crippen MR) is 94.4 cm³/mol. The van der Waals surface area contributed by atoms with Gasteiger partial charge in [-0.25, -0.2) is 5.01 Å². The maximum Gasteiger partial charge on any atom is 0.266 e. The quantitative estimate of drug-likeness (QED) is 0.718. The maximum atomic E-state index is 12.9. The van der Waals surface area contributed by atoms with Crippen LogP contribution in [0.15, 0.2) is 52.2 Å². The number of benzene rings is 1. The first-order valence-corrected chi connectivity index (χ1v) is 8.47. The van der Waals surface area contributed by atoms with Crippen molar-refractivity contribution in [3.05, 3.63) is 59.7 Å². The number of rotatable bonds is 2. The molecule has 2 aliphatic rings. The average Bonchev–Trinajstić information content (AvgIpc) is 3.29. The van der Waals surface area contributed by atoms with Crippen LogP contribution in [0.25, 0.3) is 10.9 Å². The topological polar surface area (TPSA) is 81.9 Å². The van der Waals surface area contributed by atoms with Crippen LogP contribution in [0, 0.1) is 0 Å². The molecule has 2 amide bonds. The molecule has 0 bridgehead atoms. The summed E-state index contributed by atoms with van der Waals surface area (Å²) in [6, 6.07) is 11.0. The fraction of sp³-hybridized carbons (Fsp3) is 0.211. The van der Waals surface area contributed by atoms with E-state index in [-0.39, 0.29) is 18.4 Å². The van der Waals surface area contributed by atoms with E-state index in [9.17, 15) is 9.59 Å². The molecular weight excluding hydrogens is 332 g/mol. The first kappa shape index (κ1) is 14.9. The number of furan rings is 1. The third-order valence-electron chi connectivity index (χ3n) is 5.02. The largest absolute Gasteiger partial charge is 0.463 e. The molecule has 1 atom stereocenters. The first-order valence-electron chi connectivity index (χ1n) is 8.47. The highest BCUT2D eigenvalue weighted by Crippen LogP contribution is 2.32. The van der Waals surface area contributed by atoms with Gasteiger partial charge in [0.1, 0.15) is 18.3 Å². The fourth-order valence-electron chi connectivity index (χ4n) is 3.75. The second kappa shape index (κ2) is 5.59. The molecule has 0 radical (unpaired) electrons. The first-order chi connectivity index (χ1) is 12.7. The van der Waals surface area contributed by atoms with Crippen LogP contribution in [0.1, 0.15) is 17.0 Å². The molecule has 26 heavy (non-hydrogen) atoms. The van der Waals surface area contributed by atoms with E-state index in [0.717, 1.165) is 22.2 Å². The number of hydrazone groups is 1. The van der Waals surface area contributed by atoms with Gasteiger partial charge in [0.2, 0.25) is 5.91 Å². The van der Waals surface area contributed by atoms with E-state index >= 15 is 0 Å². The molecule has 0 aliphatic carbocycles. The lowest BCUT2D eigenvalue weighted by Crippen LogP contribution is -2.60. The lowest BCUT2D eigenvalue weighted by molar-refractivity contribution is -0.157. The normalized spacial score (nSPS) is 20.1. The summed E-state index contributed by atoms with van der Waals surface area (Å²) < 4.78 is 5.19. The van der Waals surface area contributed by atoms with Crippen LogP contribution >= 0.6 is 0 Å². The number of amides is 2. The lowest BCUT2D eigenvalue weighted by atomic mass is 9.94. The zero-order valence-electron chi connectivity index (χ0n) is 13.9. The SMILES string of the molecule is O=C1[C@@H]2Cc3c([nH]c4ccccc34)CN2C(=O)CN1/N=C\c1ccco1. The van der Waals surface area contributed by atoms with Crippen molar-refractivity contribution in [3.63, 3.8) is 0 Å². The highest BCUT2D eigenvalue weighted by atomic mass is 16.3. The van der Waals surface area contributed by atoms with Gasteiger partial charge in [-0.05, 0) is 23.8 Å². The number of H-pyrrole nitrogens is 1. The number of aromatic nitrogens is 1. The van der Waals surface area contributed by atoms with Gasteiger partial charge in [-0.3, -0.25) is 9.59 Å². The number of nitrogens with one attached hydrogen (secondary N) is 1. The minimum absolute atomic E-state index is 0.0535. The van der Waals surface area contributed by atoms with Crippen LogP contribution < -0.4 is 0 Å². The molecule has 1 saturated heterocycles. The van der Waals surface area contributed by atoms with Crippen molar-refractivity contribution in [1.29, 1.82) is 0 Å².